The highest BCUT2D eigenvalue weighted by Crippen LogP contribution is 2.40. The Morgan fingerprint density at radius 1 is 1.00 bits per heavy atom. The van der Waals surface area contributed by atoms with E-state index in [4.69, 9.17) is 23.2 Å². The molecule has 1 amide bonds. The van der Waals surface area contributed by atoms with Crippen molar-refractivity contribution in [1.82, 2.24) is 9.80 Å². The van der Waals surface area contributed by atoms with E-state index in [9.17, 15) is 4.79 Å². The number of piperidine rings is 1. The van der Waals surface area contributed by atoms with Gasteiger partial charge in [-0.2, -0.15) is 0 Å². The molecule has 0 N–H and O–H groups in total. The quantitative estimate of drug-likeness (QED) is 0.775. The summed E-state index contributed by atoms with van der Waals surface area (Å²) in [6.07, 6.45) is 8.00. The zero-order chi connectivity index (χ0) is 17.4. The average molecular weight is 381 g/mol. The molecule has 1 aromatic carbocycles. The maximum Gasteiger partial charge on any atom is 0.227 e. The van der Waals surface area contributed by atoms with Crippen LogP contribution in [0.2, 0.25) is 10.0 Å². The third kappa shape index (κ3) is 3.56. The molecular weight excluding hydrogens is 355 g/mol. The summed E-state index contributed by atoms with van der Waals surface area (Å²) in [4.78, 5) is 17.9. The van der Waals surface area contributed by atoms with Crippen molar-refractivity contribution in [3.8, 4) is 0 Å². The Morgan fingerprint density at radius 2 is 1.80 bits per heavy atom. The molecular formula is C20H26Cl2N2O. The molecule has 0 bridgehead atoms. The molecule has 3 aliphatic rings. The van der Waals surface area contributed by atoms with Crippen LogP contribution in [0, 0.1) is 5.92 Å². The number of benzene rings is 1. The topological polar surface area (TPSA) is 23.6 Å². The Bertz CT molecular complexity index is 645. The molecule has 0 aromatic heterocycles. The summed E-state index contributed by atoms with van der Waals surface area (Å²) in [5, 5.41) is 1.07. The maximum atomic E-state index is 13.1. The SMILES string of the molecule is O=C(Cc1ccc(Cl)c(Cl)c1)N1CCCC2CCC(N3CCCC3)C21. The van der Waals surface area contributed by atoms with Gasteiger partial charge in [-0.15, -0.1) is 0 Å². The molecule has 0 spiro atoms. The molecule has 2 aliphatic heterocycles. The second kappa shape index (κ2) is 7.46. The fourth-order valence-corrected chi connectivity index (χ4v) is 5.50. The number of halogens is 2. The van der Waals surface area contributed by atoms with Gasteiger partial charge < -0.3 is 4.90 Å². The lowest BCUT2D eigenvalue weighted by atomic mass is 9.89. The number of hydrogen-bond acceptors (Lipinski definition) is 2. The third-order valence-corrected chi connectivity index (χ3v) is 7.05. The number of rotatable bonds is 3. The van der Waals surface area contributed by atoms with Crippen molar-refractivity contribution in [3.63, 3.8) is 0 Å². The Labute approximate surface area is 160 Å². The maximum absolute atomic E-state index is 13.1. The van der Waals surface area contributed by atoms with E-state index in [0.717, 1.165) is 18.5 Å². The summed E-state index contributed by atoms with van der Waals surface area (Å²) < 4.78 is 0. The smallest absolute Gasteiger partial charge is 0.227 e. The molecule has 1 saturated carbocycles. The molecule has 0 radical (unpaired) electrons. The van der Waals surface area contributed by atoms with Gasteiger partial charge in [0.15, 0.2) is 0 Å². The van der Waals surface area contributed by atoms with E-state index < -0.39 is 0 Å². The number of fused-ring (bicyclic) bond motifs is 1. The van der Waals surface area contributed by atoms with E-state index in [0.29, 0.717) is 34.5 Å². The fraction of sp³-hybridized carbons (Fsp3) is 0.650. The first kappa shape index (κ1) is 17.6. The molecule has 3 fully saturated rings. The minimum atomic E-state index is 0.249. The summed E-state index contributed by atoms with van der Waals surface area (Å²) in [5.74, 6) is 0.941. The van der Waals surface area contributed by atoms with E-state index in [1.54, 1.807) is 6.07 Å². The summed E-state index contributed by atoms with van der Waals surface area (Å²) in [7, 11) is 0. The predicted molar refractivity (Wildman–Crippen MR) is 102 cm³/mol. The van der Waals surface area contributed by atoms with Crippen LogP contribution >= 0.6 is 23.2 Å². The van der Waals surface area contributed by atoms with Gasteiger partial charge in [-0.05, 0) is 75.2 Å². The van der Waals surface area contributed by atoms with E-state index in [-0.39, 0.29) is 5.91 Å². The standard InChI is InChI=1S/C20H26Cl2N2O/c21-16-7-5-14(12-17(16)22)13-19(25)24-11-3-4-15-6-8-18(20(15)24)23-9-1-2-10-23/h5,7,12,15,18,20H,1-4,6,8-11,13H2. The molecule has 1 aliphatic carbocycles. The molecule has 3 atom stereocenters. The number of amides is 1. The lowest BCUT2D eigenvalue weighted by Gasteiger charge is -2.43. The molecule has 136 valence electrons. The van der Waals surface area contributed by atoms with Gasteiger partial charge in [-0.3, -0.25) is 9.69 Å². The summed E-state index contributed by atoms with van der Waals surface area (Å²) >= 11 is 12.1. The highest BCUT2D eigenvalue weighted by atomic mass is 35.5. The normalized spacial score (nSPS) is 29.8. The van der Waals surface area contributed by atoms with Gasteiger partial charge in [0.2, 0.25) is 5.91 Å². The molecule has 4 rings (SSSR count). The first-order valence-corrected chi connectivity index (χ1v) is 10.4. The van der Waals surface area contributed by atoms with Gasteiger partial charge in [0.25, 0.3) is 0 Å². The van der Waals surface area contributed by atoms with Crippen molar-refractivity contribution >= 4 is 29.1 Å². The monoisotopic (exact) mass is 380 g/mol. The Balaban J connectivity index is 1.50. The van der Waals surface area contributed by atoms with Crippen molar-refractivity contribution in [2.75, 3.05) is 19.6 Å². The molecule has 3 unspecified atom stereocenters. The molecule has 2 heterocycles. The highest BCUT2D eigenvalue weighted by Gasteiger charge is 2.46. The van der Waals surface area contributed by atoms with Crippen LogP contribution in [-0.2, 0) is 11.2 Å². The minimum Gasteiger partial charge on any atom is -0.338 e. The molecule has 2 saturated heterocycles. The zero-order valence-electron chi connectivity index (χ0n) is 14.6. The van der Waals surface area contributed by atoms with Crippen molar-refractivity contribution in [3.05, 3.63) is 33.8 Å². The molecule has 5 heteroatoms. The van der Waals surface area contributed by atoms with Crippen LogP contribution in [0.4, 0.5) is 0 Å². The predicted octanol–water partition coefficient (Wildman–Crippen LogP) is 4.40. The van der Waals surface area contributed by atoms with Crippen molar-refractivity contribution < 1.29 is 4.79 Å². The van der Waals surface area contributed by atoms with Gasteiger partial charge in [-0.1, -0.05) is 29.3 Å². The largest absolute Gasteiger partial charge is 0.338 e. The lowest BCUT2D eigenvalue weighted by molar-refractivity contribution is -0.136. The van der Waals surface area contributed by atoms with Crippen molar-refractivity contribution in [1.29, 1.82) is 0 Å². The van der Waals surface area contributed by atoms with Gasteiger partial charge >= 0.3 is 0 Å². The van der Waals surface area contributed by atoms with Crippen LogP contribution in [-0.4, -0.2) is 47.4 Å². The van der Waals surface area contributed by atoms with Crippen LogP contribution in [0.25, 0.3) is 0 Å². The summed E-state index contributed by atoms with van der Waals surface area (Å²) in [5.41, 5.74) is 0.956. The van der Waals surface area contributed by atoms with Gasteiger partial charge in [0.1, 0.15) is 0 Å². The number of hydrogen-bond donors (Lipinski definition) is 0. The second-order valence-corrected chi connectivity index (χ2v) is 8.61. The zero-order valence-corrected chi connectivity index (χ0v) is 16.1. The lowest BCUT2D eigenvalue weighted by Crippen LogP contribution is -2.55. The number of nitrogens with zero attached hydrogens (tertiary/aromatic N) is 2. The van der Waals surface area contributed by atoms with Crippen LogP contribution < -0.4 is 0 Å². The molecule has 1 aromatic rings. The van der Waals surface area contributed by atoms with Gasteiger partial charge in [0, 0.05) is 12.6 Å². The van der Waals surface area contributed by atoms with Crippen molar-refractivity contribution in [2.45, 2.75) is 57.0 Å². The molecule has 25 heavy (non-hydrogen) atoms. The van der Waals surface area contributed by atoms with E-state index in [1.807, 2.05) is 12.1 Å². The Morgan fingerprint density at radius 3 is 2.56 bits per heavy atom. The van der Waals surface area contributed by atoms with Crippen LogP contribution in [0.15, 0.2) is 18.2 Å². The van der Waals surface area contributed by atoms with E-state index in [2.05, 4.69) is 9.80 Å². The third-order valence-electron chi connectivity index (χ3n) is 6.31. The first-order chi connectivity index (χ1) is 12.1. The second-order valence-electron chi connectivity index (χ2n) is 7.79. The van der Waals surface area contributed by atoms with E-state index >= 15 is 0 Å². The van der Waals surface area contributed by atoms with Gasteiger partial charge in [-0.25, -0.2) is 0 Å². The van der Waals surface area contributed by atoms with Crippen LogP contribution in [0.1, 0.15) is 44.1 Å². The average Bonchev–Trinajstić information content (AvgIpc) is 3.26. The number of carbonyl (C=O) groups is 1. The fourth-order valence-electron chi connectivity index (χ4n) is 5.18. The minimum absolute atomic E-state index is 0.249. The van der Waals surface area contributed by atoms with Crippen LogP contribution in [0.5, 0.6) is 0 Å². The Hall–Kier alpha value is -0.770. The summed E-state index contributed by atoms with van der Waals surface area (Å²) in [6, 6.07) is 6.53. The highest BCUT2D eigenvalue weighted by molar-refractivity contribution is 6.42. The number of likely N-dealkylation sites (tertiary alicyclic amines) is 2. The van der Waals surface area contributed by atoms with Crippen molar-refractivity contribution in [2.24, 2.45) is 5.92 Å². The van der Waals surface area contributed by atoms with Gasteiger partial charge in [0.05, 0.1) is 22.5 Å². The molecule has 3 nitrogen and oxygen atoms in total. The van der Waals surface area contributed by atoms with Crippen LogP contribution in [0.3, 0.4) is 0 Å². The number of carbonyl (C=O) groups excluding carboxylic acids is 1. The Kier molecular flexibility index (Phi) is 5.26. The first-order valence-electron chi connectivity index (χ1n) is 9.61. The van der Waals surface area contributed by atoms with E-state index in [1.165, 1.54) is 45.2 Å². The summed E-state index contributed by atoms with van der Waals surface area (Å²) in [6.45, 7) is 3.33.